The van der Waals surface area contributed by atoms with Crippen molar-refractivity contribution in [3.8, 4) is 0 Å². The molecule has 0 radical (unpaired) electrons. The first kappa shape index (κ1) is 9.97. The van der Waals surface area contributed by atoms with Gasteiger partial charge >= 0.3 is 0 Å². The van der Waals surface area contributed by atoms with E-state index in [-0.39, 0.29) is 6.04 Å². The van der Waals surface area contributed by atoms with Crippen LogP contribution in [0.4, 0.5) is 0 Å². The lowest BCUT2D eigenvalue weighted by atomic mass is 9.95. The maximum Gasteiger partial charge on any atom is 0.0796 e. The largest absolute Gasteiger partial charge is 0.292 e. The Bertz CT molecular complexity index is 271. The molecule has 0 aliphatic heterocycles. The van der Waals surface area contributed by atoms with Crippen molar-refractivity contribution in [2.75, 3.05) is 0 Å². The predicted molar refractivity (Wildman–Crippen MR) is 59.2 cm³/mol. The minimum absolute atomic E-state index is 0.190. The van der Waals surface area contributed by atoms with Gasteiger partial charge in [0.2, 0.25) is 0 Å². The molecule has 2 atom stereocenters. The van der Waals surface area contributed by atoms with E-state index >= 15 is 0 Å². The van der Waals surface area contributed by atoms with Crippen LogP contribution < -0.4 is 0 Å². The van der Waals surface area contributed by atoms with Crippen molar-refractivity contribution in [2.45, 2.75) is 26.3 Å². The van der Waals surface area contributed by atoms with Gasteiger partial charge in [-0.1, -0.05) is 29.4 Å². The Balaban J connectivity index is 3.01. The highest BCUT2D eigenvalue weighted by Crippen LogP contribution is 2.25. The van der Waals surface area contributed by atoms with Crippen LogP contribution in [-0.2, 0) is 0 Å². The summed E-state index contributed by atoms with van der Waals surface area (Å²) in [5.74, 6) is 0.316. The van der Waals surface area contributed by atoms with Gasteiger partial charge in [-0.25, -0.2) is 0 Å². The third kappa shape index (κ3) is 2.18. The molecule has 1 aliphatic carbocycles. The summed E-state index contributed by atoms with van der Waals surface area (Å²) in [6.07, 6.45) is 7.45. The molecule has 0 saturated heterocycles. The van der Waals surface area contributed by atoms with Crippen molar-refractivity contribution in [3.63, 3.8) is 0 Å². The van der Waals surface area contributed by atoms with Gasteiger partial charge in [-0.05, 0) is 27.0 Å². The first-order valence-corrected chi connectivity index (χ1v) is 4.61. The zero-order valence-electron chi connectivity index (χ0n) is 8.46. The third-order valence-electron chi connectivity index (χ3n) is 2.52. The molecular weight excluding hydrogens is 158 g/mol. The van der Waals surface area contributed by atoms with Crippen LogP contribution in [0.25, 0.3) is 0 Å². The van der Waals surface area contributed by atoms with Gasteiger partial charge in [0.15, 0.2) is 0 Å². The molecule has 0 N–H and O–H groups in total. The average molecular weight is 175 g/mol. The molecule has 13 heavy (non-hydrogen) atoms. The van der Waals surface area contributed by atoms with E-state index in [1.54, 1.807) is 0 Å². The molecule has 1 aliphatic rings. The monoisotopic (exact) mass is 175 g/mol. The molecular formula is C12H17N. The van der Waals surface area contributed by atoms with Crippen LogP contribution in [0.2, 0.25) is 0 Å². The van der Waals surface area contributed by atoms with Gasteiger partial charge in [-0.2, -0.15) is 0 Å². The van der Waals surface area contributed by atoms with Crippen molar-refractivity contribution in [1.82, 2.24) is 0 Å². The van der Waals surface area contributed by atoms with Crippen LogP contribution in [-0.4, -0.2) is 12.8 Å². The Morgan fingerprint density at radius 1 is 1.54 bits per heavy atom. The molecule has 0 aromatic heterocycles. The molecule has 70 valence electrons. The van der Waals surface area contributed by atoms with Crippen LogP contribution in [0.15, 0.2) is 40.9 Å². The average Bonchev–Trinajstić information content (AvgIpc) is 2.26. The molecule has 2 unspecified atom stereocenters. The summed E-state index contributed by atoms with van der Waals surface area (Å²) < 4.78 is 0. The molecule has 1 nitrogen and oxygen atoms in total. The fraction of sp³-hybridized carbons (Fsp3) is 0.417. The highest BCUT2D eigenvalue weighted by Gasteiger charge is 2.18. The number of hydrogen-bond donors (Lipinski definition) is 0. The van der Waals surface area contributed by atoms with E-state index in [4.69, 9.17) is 0 Å². The van der Waals surface area contributed by atoms with Crippen molar-refractivity contribution in [1.29, 1.82) is 0 Å². The zero-order chi connectivity index (χ0) is 9.84. The summed E-state index contributed by atoms with van der Waals surface area (Å²) in [5, 5.41) is 0. The number of allylic oxidation sites excluding steroid dienone is 2. The van der Waals surface area contributed by atoms with Crippen LogP contribution in [0, 0.1) is 5.92 Å². The maximum absolute atomic E-state index is 4.14. The number of aliphatic imine (C=N–C) groups is 1. The standard InChI is InChI=1S/C12H17N/c1-5-11-8-9(2)6-7-10(3)12(11)13-4/h5,7-8,11-12H,1,4,6H2,2-3H3. The van der Waals surface area contributed by atoms with Gasteiger partial charge in [0.05, 0.1) is 6.04 Å². The third-order valence-corrected chi connectivity index (χ3v) is 2.52. The first-order valence-electron chi connectivity index (χ1n) is 4.61. The van der Waals surface area contributed by atoms with Gasteiger partial charge in [-0.3, -0.25) is 4.99 Å². The normalized spacial score (nSPS) is 28.5. The predicted octanol–water partition coefficient (Wildman–Crippen LogP) is 3.15. The van der Waals surface area contributed by atoms with Crippen molar-refractivity contribution in [3.05, 3.63) is 36.0 Å². The number of hydrogen-bond acceptors (Lipinski definition) is 1. The molecule has 0 spiro atoms. The second-order valence-electron chi connectivity index (χ2n) is 3.61. The van der Waals surface area contributed by atoms with Gasteiger partial charge in [0.1, 0.15) is 0 Å². The Labute approximate surface area is 80.6 Å². The van der Waals surface area contributed by atoms with Gasteiger partial charge in [0.25, 0.3) is 0 Å². The quantitative estimate of drug-likeness (QED) is 0.451. The number of nitrogens with zero attached hydrogens (tertiary/aromatic N) is 1. The summed E-state index contributed by atoms with van der Waals surface area (Å²) in [6, 6.07) is 0.190. The molecule has 0 fully saturated rings. The summed E-state index contributed by atoms with van der Waals surface area (Å²) in [4.78, 5) is 4.14. The summed E-state index contributed by atoms with van der Waals surface area (Å²) in [7, 11) is 0. The molecule has 0 bridgehead atoms. The van der Waals surface area contributed by atoms with E-state index in [1.165, 1.54) is 11.1 Å². The van der Waals surface area contributed by atoms with E-state index in [0.29, 0.717) is 5.92 Å². The van der Waals surface area contributed by atoms with Crippen molar-refractivity contribution >= 4 is 6.72 Å². The summed E-state index contributed by atoms with van der Waals surface area (Å²) in [6.45, 7) is 11.7. The van der Waals surface area contributed by atoms with Crippen molar-refractivity contribution < 1.29 is 0 Å². The lowest BCUT2D eigenvalue weighted by molar-refractivity contribution is 0.667. The number of rotatable bonds is 2. The van der Waals surface area contributed by atoms with Gasteiger partial charge in [0, 0.05) is 5.92 Å². The molecule has 0 heterocycles. The topological polar surface area (TPSA) is 12.4 Å². The Kier molecular flexibility index (Phi) is 3.24. The Hall–Kier alpha value is -1.11. The van der Waals surface area contributed by atoms with Crippen molar-refractivity contribution in [2.24, 2.45) is 10.9 Å². The molecule has 1 rings (SSSR count). The summed E-state index contributed by atoms with van der Waals surface area (Å²) in [5.41, 5.74) is 2.68. The highest BCUT2D eigenvalue weighted by atomic mass is 14.8. The Morgan fingerprint density at radius 2 is 2.23 bits per heavy atom. The lowest BCUT2D eigenvalue weighted by Crippen LogP contribution is -2.15. The minimum atomic E-state index is 0.190. The molecule has 0 amide bonds. The second kappa shape index (κ2) is 4.22. The summed E-state index contributed by atoms with van der Waals surface area (Å²) >= 11 is 0. The van der Waals surface area contributed by atoms with Crippen LogP contribution in [0.1, 0.15) is 20.3 Å². The van der Waals surface area contributed by atoms with Crippen LogP contribution in [0.5, 0.6) is 0 Å². The minimum Gasteiger partial charge on any atom is -0.292 e. The lowest BCUT2D eigenvalue weighted by Gasteiger charge is -2.16. The first-order chi connectivity index (χ1) is 6.19. The molecule has 0 saturated carbocycles. The molecule has 0 aromatic carbocycles. The van der Waals surface area contributed by atoms with Gasteiger partial charge < -0.3 is 0 Å². The maximum atomic E-state index is 4.14. The fourth-order valence-electron chi connectivity index (χ4n) is 1.70. The zero-order valence-corrected chi connectivity index (χ0v) is 8.46. The van der Waals surface area contributed by atoms with E-state index in [1.807, 2.05) is 6.08 Å². The van der Waals surface area contributed by atoms with Gasteiger partial charge in [-0.15, -0.1) is 6.58 Å². The Morgan fingerprint density at radius 3 is 2.77 bits per heavy atom. The van der Waals surface area contributed by atoms with E-state index in [0.717, 1.165) is 6.42 Å². The van der Waals surface area contributed by atoms with E-state index in [9.17, 15) is 0 Å². The fourth-order valence-corrected chi connectivity index (χ4v) is 1.70. The van der Waals surface area contributed by atoms with E-state index < -0.39 is 0 Å². The molecule has 0 aromatic rings. The van der Waals surface area contributed by atoms with Crippen LogP contribution >= 0.6 is 0 Å². The molecule has 1 heteroatoms. The SMILES string of the molecule is C=CC1C=C(C)CC=C(C)C1N=C. The highest BCUT2D eigenvalue weighted by molar-refractivity contribution is 5.32. The smallest absolute Gasteiger partial charge is 0.0796 e. The van der Waals surface area contributed by atoms with E-state index in [2.05, 4.69) is 44.3 Å². The second-order valence-corrected chi connectivity index (χ2v) is 3.61. The van der Waals surface area contributed by atoms with Crippen LogP contribution in [0.3, 0.4) is 0 Å².